The van der Waals surface area contributed by atoms with Crippen molar-refractivity contribution in [3.05, 3.63) is 53.4 Å². The van der Waals surface area contributed by atoms with E-state index in [0.29, 0.717) is 10.6 Å². The number of aliphatic hydroxyl groups is 1. The number of benzene rings is 1. The van der Waals surface area contributed by atoms with Crippen LogP contribution in [-0.2, 0) is 0 Å². The molecule has 2 heterocycles. The number of carbonyl (C=O) groups excluding carboxylic acids is 1. The van der Waals surface area contributed by atoms with Gasteiger partial charge in [0.1, 0.15) is 5.58 Å². The Hall–Kier alpha value is -2.37. The van der Waals surface area contributed by atoms with Crippen molar-refractivity contribution in [2.75, 3.05) is 0 Å². The normalized spacial score (nSPS) is 20.0. The molecule has 1 saturated carbocycles. The minimum absolute atomic E-state index is 0.125. The van der Waals surface area contributed by atoms with Crippen LogP contribution in [0.3, 0.4) is 0 Å². The minimum atomic E-state index is -0.662. The number of fused-ring (bicyclic) bond motifs is 1. The zero-order valence-electron chi connectivity index (χ0n) is 16.6. The number of amides is 1. The van der Waals surface area contributed by atoms with Crippen LogP contribution >= 0.6 is 11.6 Å². The molecule has 1 aromatic carbocycles. The van der Waals surface area contributed by atoms with Gasteiger partial charge in [-0.1, -0.05) is 17.7 Å². The second-order valence-corrected chi connectivity index (χ2v) is 8.77. The second kappa shape index (κ2) is 7.81. The van der Waals surface area contributed by atoms with Crippen LogP contribution < -0.4 is 5.32 Å². The third-order valence-corrected chi connectivity index (χ3v) is 6.24. The summed E-state index contributed by atoms with van der Waals surface area (Å²) in [4.78, 5) is 17.2. The molecule has 3 aromatic rings. The molecule has 0 radical (unpaired) electrons. The predicted octanol–water partition coefficient (Wildman–Crippen LogP) is 5.21. The smallest absolute Gasteiger partial charge is 0.251 e. The van der Waals surface area contributed by atoms with Crippen LogP contribution in [0.15, 0.2) is 47.2 Å². The van der Waals surface area contributed by atoms with Gasteiger partial charge in [-0.15, -0.1) is 0 Å². The lowest BCUT2D eigenvalue weighted by Gasteiger charge is -2.36. The van der Waals surface area contributed by atoms with E-state index < -0.39 is 5.60 Å². The van der Waals surface area contributed by atoms with Gasteiger partial charge in [0.2, 0.25) is 0 Å². The summed E-state index contributed by atoms with van der Waals surface area (Å²) in [5, 5.41) is 14.6. The Labute approximate surface area is 175 Å². The standard InChI is InChI=1S/C23H25ClN2O3/c1-23(2,28)15-4-6-16(7-5-15)26-22(27)14-3-8-17(19(24)13-14)21-18-10-12-29-20(18)9-11-25-21/h3,8-13,15-16,28H,4-7H2,1-2H3,(H,26,27). The molecule has 2 N–H and O–H groups in total. The Kier molecular flexibility index (Phi) is 5.36. The molecule has 1 aliphatic carbocycles. The van der Waals surface area contributed by atoms with Crippen molar-refractivity contribution < 1.29 is 14.3 Å². The van der Waals surface area contributed by atoms with E-state index in [2.05, 4.69) is 10.3 Å². The molecule has 0 aliphatic heterocycles. The van der Waals surface area contributed by atoms with Crippen LogP contribution in [0.1, 0.15) is 49.9 Å². The number of pyridine rings is 1. The lowest BCUT2D eigenvalue weighted by Crippen LogP contribution is -2.41. The lowest BCUT2D eigenvalue weighted by atomic mass is 9.77. The van der Waals surface area contributed by atoms with E-state index in [1.165, 1.54) is 0 Å². The van der Waals surface area contributed by atoms with Gasteiger partial charge in [0.15, 0.2) is 0 Å². The molecule has 0 unspecified atom stereocenters. The molecule has 1 amide bonds. The number of aromatic nitrogens is 1. The number of furan rings is 1. The third-order valence-electron chi connectivity index (χ3n) is 5.93. The first-order chi connectivity index (χ1) is 13.8. The van der Waals surface area contributed by atoms with Crippen LogP contribution in [0.5, 0.6) is 0 Å². The average Bonchev–Trinajstić information content (AvgIpc) is 3.16. The first kappa shape index (κ1) is 19.9. The topological polar surface area (TPSA) is 75.4 Å². The zero-order chi connectivity index (χ0) is 20.6. The van der Waals surface area contributed by atoms with E-state index in [1.807, 2.05) is 26.0 Å². The quantitative estimate of drug-likeness (QED) is 0.616. The van der Waals surface area contributed by atoms with Crippen LogP contribution in [0.25, 0.3) is 22.2 Å². The molecule has 0 saturated heterocycles. The highest BCUT2D eigenvalue weighted by Crippen LogP contribution is 2.34. The fraction of sp³-hybridized carbons (Fsp3) is 0.391. The summed E-state index contributed by atoms with van der Waals surface area (Å²) in [6.45, 7) is 3.72. The van der Waals surface area contributed by atoms with Gasteiger partial charge in [-0.05, 0) is 69.7 Å². The molecule has 0 atom stereocenters. The molecule has 2 aromatic heterocycles. The van der Waals surface area contributed by atoms with E-state index in [9.17, 15) is 9.90 Å². The van der Waals surface area contributed by atoms with E-state index in [1.54, 1.807) is 30.7 Å². The Balaban J connectivity index is 1.47. The zero-order valence-corrected chi connectivity index (χ0v) is 17.4. The number of hydrogen-bond donors (Lipinski definition) is 2. The Bertz CT molecular complexity index is 1030. The maximum Gasteiger partial charge on any atom is 0.251 e. The van der Waals surface area contributed by atoms with E-state index >= 15 is 0 Å². The van der Waals surface area contributed by atoms with Crippen LogP contribution in [0.4, 0.5) is 0 Å². The van der Waals surface area contributed by atoms with Gasteiger partial charge in [-0.2, -0.15) is 0 Å². The van der Waals surface area contributed by atoms with Crippen molar-refractivity contribution in [1.29, 1.82) is 0 Å². The summed E-state index contributed by atoms with van der Waals surface area (Å²) in [5.74, 6) is 0.155. The summed E-state index contributed by atoms with van der Waals surface area (Å²) >= 11 is 6.51. The fourth-order valence-electron chi connectivity index (χ4n) is 4.17. The van der Waals surface area contributed by atoms with Crippen molar-refractivity contribution in [2.24, 2.45) is 5.92 Å². The molecule has 6 heteroatoms. The molecule has 29 heavy (non-hydrogen) atoms. The molecule has 1 aliphatic rings. The van der Waals surface area contributed by atoms with Gasteiger partial charge in [-0.25, -0.2) is 0 Å². The second-order valence-electron chi connectivity index (χ2n) is 8.36. The van der Waals surface area contributed by atoms with Crippen molar-refractivity contribution in [3.63, 3.8) is 0 Å². The summed E-state index contributed by atoms with van der Waals surface area (Å²) in [7, 11) is 0. The van der Waals surface area contributed by atoms with Gasteiger partial charge < -0.3 is 14.8 Å². The molecule has 4 rings (SSSR count). The number of nitrogens with one attached hydrogen (secondary N) is 1. The highest BCUT2D eigenvalue weighted by molar-refractivity contribution is 6.34. The highest BCUT2D eigenvalue weighted by Gasteiger charge is 2.31. The first-order valence-corrected chi connectivity index (χ1v) is 10.4. The maximum absolute atomic E-state index is 12.7. The highest BCUT2D eigenvalue weighted by atomic mass is 35.5. The lowest BCUT2D eigenvalue weighted by molar-refractivity contribution is -0.00257. The Morgan fingerprint density at radius 1 is 1.21 bits per heavy atom. The maximum atomic E-state index is 12.7. The summed E-state index contributed by atoms with van der Waals surface area (Å²) < 4.78 is 5.43. The third kappa shape index (κ3) is 4.16. The molecular formula is C23H25ClN2O3. The summed E-state index contributed by atoms with van der Waals surface area (Å²) in [6.07, 6.45) is 6.88. The fourth-order valence-corrected chi connectivity index (χ4v) is 4.44. The number of halogens is 1. The molecule has 5 nitrogen and oxygen atoms in total. The van der Waals surface area contributed by atoms with Gasteiger partial charge in [0.25, 0.3) is 5.91 Å². The molecular weight excluding hydrogens is 388 g/mol. The number of rotatable bonds is 4. The Morgan fingerprint density at radius 3 is 2.66 bits per heavy atom. The van der Waals surface area contributed by atoms with Crippen molar-refractivity contribution in [2.45, 2.75) is 51.2 Å². The largest absolute Gasteiger partial charge is 0.464 e. The van der Waals surface area contributed by atoms with Gasteiger partial charge in [-0.3, -0.25) is 9.78 Å². The van der Waals surface area contributed by atoms with Crippen molar-refractivity contribution in [3.8, 4) is 11.3 Å². The van der Waals surface area contributed by atoms with Crippen molar-refractivity contribution in [1.82, 2.24) is 10.3 Å². The first-order valence-electron chi connectivity index (χ1n) is 9.98. The van der Waals surface area contributed by atoms with Crippen molar-refractivity contribution >= 4 is 28.5 Å². The molecule has 1 fully saturated rings. The monoisotopic (exact) mass is 412 g/mol. The van der Waals surface area contributed by atoms with Crippen LogP contribution in [0.2, 0.25) is 5.02 Å². The van der Waals surface area contributed by atoms with E-state index in [-0.39, 0.29) is 17.9 Å². The predicted molar refractivity (Wildman–Crippen MR) is 114 cm³/mol. The minimum Gasteiger partial charge on any atom is -0.464 e. The van der Waals surface area contributed by atoms with Gasteiger partial charge in [0, 0.05) is 28.8 Å². The molecule has 0 spiro atoms. The van der Waals surface area contributed by atoms with Crippen LogP contribution in [-0.4, -0.2) is 27.6 Å². The SMILES string of the molecule is CC(C)(O)C1CCC(NC(=O)c2ccc(-c3nccc4occc34)c(Cl)c2)CC1. The average molecular weight is 413 g/mol. The van der Waals surface area contributed by atoms with Crippen LogP contribution in [0, 0.1) is 5.92 Å². The number of hydrogen-bond acceptors (Lipinski definition) is 4. The van der Waals surface area contributed by atoms with Gasteiger partial charge >= 0.3 is 0 Å². The summed E-state index contributed by atoms with van der Waals surface area (Å²) in [6, 6.07) is 9.09. The summed E-state index contributed by atoms with van der Waals surface area (Å²) in [5.41, 5.74) is 2.11. The number of nitrogens with zero attached hydrogens (tertiary/aromatic N) is 1. The molecule has 152 valence electrons. The Morgan fingerprint density at radius 2 is 1.97 bits per heavy atom. The van der Waals surface area contributed by atoms with E-state index in [0.717, 1.165) is 47.9 Å². The van der Waals surface area contributed by atoms with Gasteiger partial charge in [0.05, 0.1) is 22.6 Å². The van der Waals surface area contributed by atoms with E-state index in [4.69, 9.17) is 16.0 Å². The number of carbonyl (C=O) groups is 1. The molecule has 0 bridgehead atoms.